The third kappa shape index (κ3) is 2.81. The SMILES string of the molecule is COc1ccc2c(c1)-c1onc(C(=O)N3CC(C)CC(C)C3)c1CC2. The molecule has 5 heteroatoms. The van der Waals surface area contributed by atoms with Gasteiger partial charge in [0, 0.05) is 24.2 Å². The van der Waals surface area contributed by atoms with Gasteiger partial charge >= 0.3 is 0 Å². The van der Waals surface area contributed by atoms with Crippen LogP contribution in [0.15, 0.2) is 22.7 Å². The first-order chi connectivity index (χ1) is 12.1. The van der Waals surface area contributed by atoms with Crippen molar-refractivity contribution in [1.82, 2.24) is 10.1 Å². The largest absolute Gasteiger partial charge is 0.497 e. The van der Waals surface area contributed by atoms with Gasteiger partial charge in [-0.1, -0.05) is 25.1 Å². The Morgan fingerprint density at radius 3 is 2.72 bits per heavy atom. The number of ether oxygens (including phenoxy) is 1. The molecule has 0 saturated carbocycles. The molecule has 1 saturated heterocycles. The Morgan fingerprint density at radius 2 is 2.00 bits per heavy atom. The zero-order valence-corrected chi connectivity index (χ0v) is 15.0. The number of benzene rings is 1. The van der Waals surface area contributed by atoms with Crippen LogP contribution in [-0.2, 0) is 12.8 Å². The van der Waals surface area contributed by atoms with Crippen molar-refractivity contribution in [3.05, 3.63) is 35.0 Å². The molecule has 0 N–H and O–H groups in total. The predicted octanol–water partition coefficient (Wildman–Crippen LogP) is 3.57. The van der Waals surface area contributed by atoms with Crippen LogP contribution in [0.5, 0.6) is 5.75 Å². The number of hydrogen-bond acceptors (Lipinski definition) is 4. The first kappa shape index (κ1) is 16.2. The quantitative estimate of drug-likeness (QED) is 0.839. The van der Waals surface area contributed by atoms with E-state index in [9.17, 15) is 4.79 Å². The predicted molar refractivity (Wildman–Crippen MR) is 94.7 cm³/mol. The summed E-state index contributed by atoms with van der Waals surface area (Å²) < 4.78 is 11.0. The van der Waals surface area contributed by atoms with E-state index in [2.05, 4.69) is 25.1 Å². The Labute approximate surface area is 147 Å². The van der Waals surface area contributed by atoms with E-state index in [-0.39, 0.29) is 5.91 Å². The highest BCUT2D eigenvalue weighted by Gasteiger charge is 2.33. The monoisotopic (exact) mass is 340 g/mol. The number of aryl methyl sites for hydroxylation is 1. The second kappa shape index (κ2) is 6.21. The molecule has 1 aliphatic carbocycles. The Kier molecular flexibility index (Phi) is 4.02. The summed E-state index contributed by atoms with van der Waals surface area (Å²) >= 11 is 0. The highest BCUT2D eigenvalue weighted by molar-refractivity contribution is 5.95. The third-order valence-corrected chi connectivity index (χ3v) is 5.35. The number of nitrogens with zero attached hydrogens (tertiary/aromatic N) is 2. The first-order valence-corrected chi connectivity index (χ1v) is 9.02. The summed E-state index contributed by atoms with van der Waals surface area (Å²) in [7, 11) is 1.65. The number of carbonyl (C=O) groups is 1. The van der Waals surface area contributed by atoms with E-state index in [1.54, 1.807) is 7.11 Å². The zero-order chi connectivity index (χ0) is 17.6. The van der Waals surface area contributed by atoms with Crippen molar-refractivity contribution in [2.24, 2.45) is 11.8 Å². The fourth-order valence-corrected chi connectivity index (χ4v) is 4.27. The minimum atomic E-state index is 0.00902. The number of aromatic nitrogens is 1. The van der Waals surface area contributed by atoms with Gasteiger partial charge in [0.25, 0.3) is 5.91 Å². The standard InChI is InChI=1S/C20H24N2O3/c1-12-8-13(2)11-22(10-12)20(23)18-16-7-5-14-4-6-15(24-3)9-17(14)19(16)25-21-18/h4,6,9,12-13H,5,7-8,10-11H2,1-3H3. The number of carbonyl (C=O) groups excluding carboxylic acids is 1. The molecule has 1 fully saturated rings. The number of likely N-dealkylation sites (tertiary alicyclic amines) is 1. The van der Waals surface area contributed by atoms with E-state index in [0.717, 1.165) is 48.6 Å². The van der Waals surface area contributed by atoms with Crippen LogP contribution in [0, 0.1) is 11.8 Å². The van der Waals surface area contributed by atoms with Gasteiger partial charge < -0.3 is 14.2 Å². The maximum Gasteiger partial charge on any atom is 0.276 e. The van der Waals surface area contributed by atoms with Gasteiger partial charge in [-0.15, -0.1) is 0 Å². The van der Waals surface area contributed by atoms with Crippen molar-refractivity contribution in [1.29, 1.82) is 0 Å². The van der Waals surface area contributed by atoms with Gasteiger partial charge in [0.05, 0.1) is 7.11 Å². The molecule has 0 radical (unpaired) electrons. The highest BCUT2D eigenvalue weighted by Crippen LogP contribution is 2.38. The maximum atomic E-state index is 13.0. The van der Waals surface area contributed by atoms with E-state index >= 15 is 0 Å². The van der Waals surface area contributed by atoms with Crippen molar-refractivity contribution in [2.45, 2.75) is 33.1 Å². The Hall–Kier alpha value is -2.30. The minimum absolute atomic E-state index is 0.00902. The molecule has 1 aromatic heterocycles. The van der Waals surface area contributed by atoms with Gasteiger partial charge in [-0.25, -0.2) is 0 Å². The molecule has 1 aromatic carbocycles. The van der Waals surface area contributed by atoms with Gasteiger partial charge in [0.15, 0.2) is 11.5 Å². The molecular weight excluding hydrogens is 316 g/mol. The first-order valence-electron chi connectivity index (χ1n) is 9.02. The van der Waals surface area contributed by atoms with E-state index in [1.165, 1.54) is 12.0 Å². The van der Waals surface area contributed by atoms with Crippen LogP contribution in [0.25, 0.3) is 11.3 Å². The van der Waals surface area contributed by atoms with Gasteiger partial charge in [0.1, 0.15) is 5.75 Å². The van der Waals surface area contributed by atoms with Crippen LogP contribution < -0.4 is 4.74 Å². The maximum absolute atomic E-state index is 13.0. The number of rotatable bonds is 2. The fraction of sp³-hybridized carbons (Fsp3) is 0.500. The molecule has 2 aromatic rings. The van der Waals surface area contributed by atoms with E-state index in [0.29, 0.717) is 17.5 Å². The normalized spacial score (nSPS) is 22.3. The molecule has 0 spiro atoms. The third-order valence-electron chi connectivity index (χ3n) is 5.35. The lowest BCUT2D eigenvalue weighted by Crippen LogP contribution is -2.43. The Morgan fingerprint density at radius 1 is 1.24 bits per heavy atom. The molecule has 0 bridgehead atoms. The summed E-state index contributed by atoms with van der Waals surface area (Å²) in [6.45, 7) is 6.01. The van der Waals surface area contributed by atoms with Crippen molar-refractivity contribution < 1.29 is 14.1 Å². The molecule has 132 valence electrons. The average molecular weight is 340 g/mol. The second-order valence-electron chi connectivity index (χ2n) is 7.52. The number of piperidine rings is 1. The van der Waals surface area contributed by atoms with Crippen LogP contribution >= 0.6 is 0 Å². The van der Waals surface area contributed by atoms with E-state index < -0.39 is 0 Å². The number of methoxy groups -OCH3 is 1. The molecule has 2 heterocycles. The Balaban J connectivity index is 1.68. The molecule has 5 nitrogen and oxygen atoms in total. The molecule has 2 unspecified atom stereocenters. The molecule has 4 rings (SSSR count). The smallest absolute Gasteiger partial charge is 0.276 e. The molecule has 1 amide bonds. The van der Waals surface area contributed by atoms with Gasteiger partial charge in [0.2, 0.25) is 0 Å². The summed E-state index contributed by atoms with van der Waals surface area (Å²) in [6.07, 6.45) is 2.85. The average Bonchev–Trinajstić information content (AvgIpc) is 3.04. The number of hydrogen-bond donors (Lipinski definition) is 0. The molecule has 2 atom stereocenters. The van der Waals surface area contributed by atoms with Crippen molar-refractivity contribution in [3.63, 3.8) is 0 Å². The second-order valence-corrected chi connectivity index (χ2v) is 7.52. The lowest BCUT2D eigenvalue weighted by Gasteiger charge is -2.34. The summed E-state index contributed by atoms with van der Waals surface area (Å²) in [5.41, 5.74) is 3.64. The summed E-state index contributed by atoms with van der Waals surface area (Å²) in [6, 6.07) is 6.00. The topological polar surface area (TPSA) is 55.6 Å². The minimum Gasteiger partial charge on any atom is -0.497 e. The highest BCUT2D eigenvalue weighted by atomic mass is 16.5. The molecule has 25 heavy (non-hydrogen) atoms. The van der Waals surface area contributed by atoms with E-state index in [4.69, 9.17) is 9.26 Å². The van der Waals surface area contributed by atoms with Crippen LogP contribution in [0.2, 0.25) is 0 Å². The summed E-state index contributed by atoms with van der Waals surface area (Å²) in [5.74, 6) is 2.58. The lowest BCUT2D eigenvalue weighted by atomic mass is 9.88. The van der Waals surface area contributed by atoms with Crippen molar-refractivity contribution in [2.75, 3.05) is 20.2 Å². The number of fused-ring (bicyclic) bond motifs is 3. The molecule has 2 aliphatic rings. The van der Waals surface area contributed by atoms with Crippen molar-refractivity contribution in [3.8, 4) is 17.1 Å². The van der Waals surface area contributed by atoms with E-state index in [1.807, 2.05) is 17.0 Å². The Bertz CT molecular complexity index is 801. The molecule has 1 aliphatic heterocycles. The lowest BCUT2D eigenvalue weighted by molar-refractivity contribution is 0.0612. The summed E-state index contributed by atoms with van der Waals surface area (Å²) in [5, 5.41) is 4.17. The van der Waals surface area contributed by atoms with Gasteiger partial charge in [-0.3, -0.25) is 4.79 Å². The zero-order valence-electron chi connectivity index (χ0n) is 15.0. The summed E-state index contributed by atoms with van der Waals surface area (Å²) in [4.78, 5) is 15.0. The van der Waals surface area contributed by atoms with Crippen LogP contribution in [0.1, 0.15) is 41.9 Å². The fourth-order valence-electron chi connectivity index (χ4n) is 4.27. The van der Waals surface area contributed by atoms with Crippen LogP contribution in [0.3, 0.4) is 0 Å². The molecular formula is C20H24N2O3. The van der Waals surface area contributed by atoms with Crippen molar-refractivity contribution >= 4 is 5.91 Å². The number of amides is 1. The van der Waals surface area contributed by atoms with Gasteiger partial charge in [-0.2, -0.15) is 0 Å². The van der Waals surface area contributed by atoms with Gasteiger partial charge in [-0.05, 0) is 48.8 Å². The van der Waals surface area contributed by atoms with Crippen LogP contribution in [0.4, 0.5) is 0 Å². The van der Waals surface area contributed by atoms with Crippen LogP contribution in [-0.4, -0.2) is 36.2 Å².